The van der Waals surface area contributed by atoms with Crippen molar-refractivity contribution in [1.29, 1.82) is 0 Å². The maximum Gasteiger partial charge on any atom is 0.262 e. The van der Waals surface area contributed by atoms with E-state index < -0.39 is 0 Å². The van der Waals surface area contributed by atoms with E-state index in [1.807, 2.05) is 11.4 Å². The Balaban J connectivity index is 1.70. The molecule has 124 valence electrons. The van der Waals surface area contributed by atoms with Crippen molar-refractivity contribution in [3.8, 4) is 5.75 Å². The van der Waals surface area contributed by atoms with Gasteiger partial charge < -0.3 is 10.1 Å². The molecule has 0 spiro atoms. The first-order valence-corrected chi connectivity index (χ1v) is 8.82. The van der Waals surface area contributed by atoms with E-state index in [1.165, 1.54) is 22.2 Å². The monoisotopic (exact) mass is 407 g/mol. The number of halogens is 1. The molecular weight excluding hydrogens is 394 g/mol. The van der Waals surface area contributed by atoms with Gasteiger partial charge in [0.15, 0.2) is 0 Å². The third kappa shape index (κ3) is 3.49. The highest BCUT2D eigenvalue weighted by Crippen LogP contribution is 2.27. The number of nitrogens with one attached hydrogen (secondary N) is 1. The van der Waals surface area contributed by atoms with Gasteiger partial charge in [0.25, 0.3) is 5.56 Å². The third-order valence-electron chi connectivity index (χ3n) is 3.47. The van der Waals surface area contributed by atoms with Crippen molar-refractivity contribution in [2.24, 2.45) is 0 Å². The van der Waals surface area contributed by atoms with Gasteiger partial charge in [-0.25, -0.2) is 4.98 Å². The Morgan fingerprint density at radius 3 is 3.04 bits per heavy atom. The molecule has 0 unspecified atom stereocenters. The number of carbonyl (C=O) groups excluding carboxylic acids is 1. The van der Waals surface area contributed by atoms with Crippen LogP contribution < -0.4 is 15.6 Å². The van der Waals surface area contributed by atoms with E-state index in [4.69, 9.17) is 4.74 Å². The highest BCUT2D eigenvalue weighted by atomic mass is 79.9. The summed E-state index contributed by atoms with van der Waals surface area (Å²) in [4.78, 5) is 29.4. The van der Waals surface area contributed by atoms with Crippen molar-refractivity contribution in [1.82, 2.24) is 9.55 Å². The summed E-state index contributed by atoms with van der Waals surface area (Å²) in [5.41, 5.74) is 0.449. The van der Waals surface area contributed by atoms with Crippen LogP contribution in [0.4, 0.5) is 5.69 Å². The molecular formula is C16H14BrN3O3S. The summed E-state index contributed by atoms with van der Waals surface area (Å²) < 4.78 is 7.51. The number of carbonyl (C=O) groups is 1. The van der Waals surface area contributed by atoms with Crippen LogP contribution in [0.1, 0.15) is 6.42 Å². The summed E-state index contributed by atoms with van der Waals surface area (Å²) in [7, 11) is 1.54. The zero-order valence-electron chi connectivity index (χ0n) is 12.8. The summed E-state index contributed by atoms with van der Waals surface area (Å²) in [6.07, 6.45) is 1.64. The molecule has 3 rings (SSSR count). The van der Waals surface area contributed by atoms with E-state index in [2.05, 4.69) is 26.2 Å². The molecule has 0 aliphatic heterocycles. The molecule has 1 amide bonds. The van der Waals surface area contributed by atoms with Crippen LogP contribution in [0.15, 0.2) is 45.2 Å². The molecule has 1 aromatic carbocycles. The number of hydrogen-bond acceptors (Lipinski definition) is 5. The fourth-order valence-electron chi connectivity index (χ4n) is 2.27. The molecule has 0 aliphatic carbocycles. The number of aryl methyl sites for hydroxylation is 1. The number of fused-ring (bicyclic) bond motifs is 1. The lowest BCUT2D eigenvalue weighted by Gasteiger charge is -2.11. The average Bonchev–Trinajstić information content (AvgIpc) is 3.04. The number of benzene rings is 1. The average molecular weight is 408 g/mol. The second-order valence-electron chi connectivity index (χ2n) is 5.03. The summed E-state index contributed by atoms with van der Waals surface area (Å²) in [5.74, 6) is 0.369. The van der Waals surface area contributed by atoms with Gasteiger partial charge in [-0.2, -0.15) is 0 Å². The van der Waals surface area contributed by atoms with Gasteiger partial charge in [-0.1, -0.05) is 15.9 Å². The van der Waals surface area contributed by atoms with Gasteiger partial charge in [0.1, 0.15) is 10.6 Å². The standard InChI is InChI=1S/C16H14BrN3O3S/c1-23-13-3-2-10(17)8-12(13)19-14(21)4-6-20-9-18-15-11(16(20)22)5-7-24-15/h2-3,5,7-9H,4,6H2,1H3,(H,19,21). The molecule has 0 atom stereocenters. The molecule has 0 radical (unpaired) electrons. The predicted octanol–water partition coefficient (Wildman–Crippen LogP) is 3.26. The van der Waals surface area contributed by atoms with E-state index >= 15 is 0 Å². The number of ether oxygens (including phenoxy) is 1. The van der Waals surface area contributed by atoms with Gasteiger partial charge in [0, 0.05) is 17.4 Å². The highest BCUT2D eigenvalue weighted by Gasteiger charge is 2.10. The first-order chi connectivity index (χ1) is 11.6. The molecule has 0 saturated carbocycles. The number of hydrogen-bond donors (Lipinski definition) is 1. The first-order valence-electron chi connectivity index (χ1n) is 7.14. The summed E-state index contributed by atoms with van der Waals surface area (Å²) in [6.45, 7) is 0.264. The van der Waals surface area contributed by atoms with E-state index in [9.17, 15) is 9.59 Å². The largest absolute Gasteiger partial charge is 0.495 e. The van der Waals surface area contributed by atoms with Crippen molar-refractivity contribution < 1.29 is 9.53 Å². The molecule has 0 bridgehead atoms. The molecule has 0 aliphatic rings. The molecule has 24 heavy (non-hydrogen) atoms. The minimum atomic E-state index is -0.205. The van der Waals surface area contributed by atoms with Crippen LogP contribution in [0.2, 0.25) is 0 Å². The molecule has 2 aromatic heterocycles. The second-order valence-corrected chi connectivity index (χ2v) is 6.84. The Morgan fingerprint density at radius 2 is 2.25 bits per heavy atom. The number of aromatic nitrogens is 2. The zero-order chi connectivity index (χ0) is 17.1. The van der Waals surface area contributed by atoms with Gasteiger partial charge in [-0.15, -0.1) is 11.3 Å². The number of anilines is 1. The van der Waals surface area contributed by atoms with Crippen LogP contribution in [0.25, 0.3) is 10.2 Å². The lowest BCUT2D eigenvalue weighted by molar-refractivity contribution is -0.116. The SMILES string of the molecule is COc1ccc(Br)cc1NC(=O)CCn1cnc2sccc2c1=O. The highest BCUT2D eigenvalue weighted by molar-refractivity contribution is 9.10. The molecule has 1 N–H and O–H groups in total. The van der Waals surface area contributed by atoms with Crippen LogP contribution in [0, 0.1) is 0 Å². The first kappa shape index (κ1) is 16.7. The predicted molar refractivity (Wildman–Crippen MR) is 97.8 cm³/mol. The van der Waals surface area contributed by atoms with Crippen LogP contribution >= 0.6 is 27.3 Å². The van der Waals surface area contributed by atoms with Crippen LogP contribution in [-0.4, -0.2) is 22.6 Å². The summed E-state index contributed by atoms with van der Waals surface area (Å²) in [6, 6.07) is 7.11. The van der Waals surface area contributed by atoms with E-state index in [0.717, 1.165) is 4.47 Å². The van der Waals surface area contributed by atoms with Gasteiger partial charge in [-0.3, -0.25) is 14.2 Å². The molecule has 0 fully saturated rings. The molecule has 2 heterocycles. The van der Waals surface area contributed by atoms with Crippen molar-refractivity contribution in [2.45, 2.75) is 13.0 Å². The van der Waals surface area contributed by atoms with Crippen LogP contribution in [-0.2, 0) is 11.3 Å². The van der Waals surface area contributed by atoms with Crippen molar-refractivity contribution in [3.05, 3.63) is 50.8 Å². The smallest absolute Gasteiger partial charge is 0.262 e. The minimum absolute atomic E-state index is 0.130. The molecule has 8 heteroatoms. The lowest BCUT2D eigenvalue weighted by Crippen LogP contribution is -2.23. The number of rotatable bonds is 5. The second kappa shape index (κ2) is 7.14. The van der Waals surface area contributed by atoms with Crippen molar-refractivity contribution in [2.75, 3.05) is 12.4 Å². The van der Waals surface area contributed by atoms with Gasteiger partial charge in [0.2, 0.25) is 5.91 Å². The van der Waals surface area contributed by atoms with Gasteiger partial charge >= 0.3 is 0 Å². The number of thiophene rings is 1. The zero-order valence-corrected chi connectivity index (χ0v) is 15.2. The third-order valence-corrected chi connectivity index (χ3v) is 4.78. The van der Waals surface area contributed by atoms with Gasteiger partial charge in [0.05, 0.1) is 24.5 Å². The molecule has 6 nitrogen and oxygen atoms in total. The summed E-state index contributed by atoms with van der Waals surface area (Å²) >= 11 is 4.78. The number of amides is 1. The number of methoxy groups -OCH3 is 1. The Kier molecular flexibility index (Phi) is 4.96. The molecule has 3 aromatic rings. The number of nitrogens with zero attached hydrogens (tertiary/aromatic N) is 2. The molecule has 0 saturated heterocycles. The van der Waals surface area contributed by atoms with E-state index in [-0.39, 0.29) is 24.4 Å². The Labute approximate surface area is 150 Å². The Morgan fingerprint density at radius 1 is 1.42 bits per heavy atom. The normalized spacial score (nSPS) is 10.8. The van der Waals surface area contributed by atoms with E-state index in [0.29, 0.717) is 21.7 Å². The van der Waals surface area contributed by atoms with Crippen LogP contribution in [0.5, 0.6) is 5.75 Å². The maximum atomic E-state index is 12.3. The fourth-order valence-corrected chi connectivity index (χ4v) is 3.35. The topological polar surface area (TPSA) is 73.2 Å². The van der Waals surface area contributed by atoms with Crippen molar-refractivity contribution >= 4 is 49.1 Å². The minimum Gasteiger partial charge on any atom is -0.495 e. The Bertz CT molecular complexity index is 951. The summed E-state index contributed by atoms with van der Waals surface area (Å²) in [5, 5.41) is 5.21. The maximum absolute atomic E-state index is 12.3. The van der Waals surface area contributed by atoms with Crippen LogP contribution in [0.3, 0.4) is 0 Å². The van der Waals surface area contributed by atoms with Crippen molar-refractivity contribution in [3.63, 3.8) is 0 Å². The Hall–Kier alpha value is -2.19. The van der Waals surface area contributed by atoms with Gasteiger partial charge in [-0.05, 0) is 29.6 Å². The quantitative estimate of drug-likeness (QED) is 0.704. The lowest BCUT2D eigenvalue weighted by atomic mass is 10.2. The fraction of sp³-hybridized carbons (Fsp3) is 0.188. The van der Waals surface area contributed by atoms with E-state index in [1.54, 1.807) is 25.3 Å².